The second-order valence-electron chi connectivity index (χ2n) is 9.70. The first kappa shape index (κ1) is 23.7. The highest BCUT2D eigenvalue weighted by Gasteiger charge is 2.32. The number of nitrogens with zero attached hydrogens (tertiary/aromatic N) is 4. The van der Waals surface area contributed by atoms with Crippen molar-refractivity contribution in [1.82, 2.24) is 19.6 Å². The van der Waals surface area contributed by atoms with Gasteiger partial charge in [-0.2, -0.15) is 0 Å². The van der Waals surface area contributed by atoms with Crippen molar-refractivity contribution >= 4 is 0 Å². The van der Waals surface area contributed by atoms with Crippen LogP contribution in [0.1, 0.15) is 22.3 Å². The van der Waals surface area contributed by atoms with E-state index >= 15 is 0 Å². The van der Waals surface area contributed by atoms with E-state index in [4.69, 9.17) is 0 Å². The molecule has 2 aliphatic heterocycles. The molecular formula is C34H32N4. The van der Waals surface area contributed by atoms with Gasteiger partial charge in [0, 0.05) is 51.0 Å². The summed E-state index contributed by atoms with van der Waals surface area (Å²) in [6.07, 6.45) is 8.88. The predicted octanol–water partition coefficient (Wildman–Crippen LogP) is 7.09. The van der Waals surface area contributed by atoms with E-state index in [1.54, 1.807) is 0 Å². The SMILES string of the molecule is C1=CN(Cc2ccccc2)C(=C2N(Cc3ccccc3)C=CN2Cc2ccccc2)N1Cc1ccccc1. The van der Waals surface area contributed by atoms with Gasteiger partial charge in [-0.25, -0.2) is 0 Å². The van der Waals surface area contributed by atoms with Gasteiger partial charge in [0.1, 0.15) is 0 Å². The fourth-order valence-corrected chi connectivity index (χ4v) is 5.08. The van der Waals surface area contributed by atoms with E-state index in [0.717, 1.165) is 26.2 Å². The van der Waals surface area contributed by atoms with Crippen LogP contribution in [-0.2, 0) is 26.2 Å². The lowest BCUT2D eigenvalue weighted by atomic mass is 10.2. The van der Waals surface area contributed by atoms with Crippen LogP contribution in [0.25, 0.3) is 0 Å². The van der Waals surface area contributed by atoms with Crippen molar-refractivity contribution in [3.8, 4) is 0 Å². The highest BCUT2D eigenvalue weighted by atomic mass is 15.4. The maximum atomic E-state index is 2.39. The second-order valence-corrected chi connectivity index (χ2v) is 9.70. The molecule has 0 amide bonds. The quantitative estimate of drug-likeness (QED) is 0.258. The fourth-order valence-electron chi connectivity index (χ4n) is 5.08. The van der Waals surface area contributed by atoms with Crippen LogP contribution in [-0.4, -0.2) is 19.6 Å². The van der Waals surface area contributed by atoms with Crippen LogP contribution in [0.5, 0.6) is 0 Å². The second kappa shape index (κ2) is 11.1. The Morgan fingerprint density at radius 2 is 0.500 bits per heavy atom. The minimum absolute atomic E-state index is 0.805. The molecule has 0 atom stereocenters. The van der Waals surface area contributed by atoms with Gasteiger partial charge in [-0.05, 0) is 22.3 Å². The first-order valence-electron chi connectivity index (χ1n) is 13.2. The Bertz CT molecular complexity index is 1190. The number of rotatable bonds is 8. The Balaban J connectivity index is 1.42. The summed E-state index contributed by atoms with van der Waals surface area (Å²) in [6.45, 7) is 3.22. The van der Waals surface area contributed by atoms with Crippen molar-refractivity contribution in [3.05, 3.63) is 180 Å². The van der Waals surface area contributed by atoms with Gasteiger partial charge in [-0.15, -0.1) is 0 Å². The largest absolute Gasteiger partial charge is 0.325 e. The minimum Gasteiger partial charge on any atom is -0.325 e. The van der Waals surface area contributed by atoms with Gasteiger partial charge in [0.25, 0.3) is 0 Å². The van der Waals surface area contributed by atoms with E-state index in [1.807, 2.05) is 0 Å². The number of hydrogen-bond donors (Lipinski definition) is 0. The van der Waals surface area contributed by atoms with Crippen molar-refractivity contribution in [2.75, 3.05) is 0 Å². The van der Waals surface area contributed by atoms with Crippen LogP contribution in [0, 0.1) is 0 Å². The van der Waals surface area contributed by atoms with Crippen LogP contribution in [0.3, 0.4) is 0 Å². The Kier molecular flexibility index (Phi) is 6.94. The summed E-state index contributed by atoms with van der Waals surface area (Å²) in [4.78, 5) is 9.54. The van der Waals surface area contributed by atoms with Gasteiger partial charge in [0.05, 0.1) is 0 Å². The summed E-state index contributed by atoms with van der Waals surface area (Å²) >= 11 is 0. The number of hydrogen-bond acceptors (Lipinski definition) is 4. The summed E-state index contributed by atoms with van der Waals surface area (Å²) in [5, 5.41) is 0. The molecule has 6 rings (SSSR count). The van der Waals surface area contributed by atoms with Gasteiger partial charge in [0.2, 0.25) is 0 Å². The maximum absolute atomic E-state index is 2.39. The zero-order valence-electron chi connectivity index (χ0n) is 21.5. The lowest BCUT2D eigenvalue weighted by Crippen LogP contribution is -2.33. The van der Waals surface area contributed by atoms with Gasteiger partial charge < -0.3 is 19.6 Å². The molecule has 0 unspecified atom stereocenters. The Labute approximate surface area is 225 Å². The van der Waals surface area contributed by atoms with Crippen LogP contribution in [0.4, 0.5) is 0 Å². The van der Waals surface area contributed by atoms with E-state index in [1.165, 1.54) is 33.9 Å². The van der Waals surface area contributed by atoms with Crippen LogP contribution in [0.15, 0.2) is 158 Å². The highest BCUT2D eigenvalue weighted by Crippen LogP contribution is 2.35. The molecule has 0 saturated carbocycles. The first-order valence-corrected chi connectivity index (χ1v) is 13.2. The Hall–Kier alpha value is -4.70. The van der Waals surface area contributed by atoms with Gasteiger partial charge in [-0.3, -0.25) is 0 Å². The summed E-state index contributed by atoms with van der Waals surface area (Å²) < 4.78 is 0. The van der Waals surface area contributed by atoms with E-state index < -0.39 is 0 Å². The van der Waals surface area contributed by atoms with Crippen molar-refractivity contribution in [2.24, 2.45) is 0 Å². The molecule has 0 N–H and O–H groups in total. The molecule has 4 nitrogen and oxygen atoms in total. The maximum Gasteiger partial charge on any atom is 0.155 e. The van der Waals surface area contributed by atoms with E-state index in [9.17, 15) is 0 Å². The van der Waals surface area contributed by atoms with Gasteiger partial charge in [-0.1, -0.05) is 121 Å². The van der Waals surface area contributed by atoms with Crippen molar-refractivity contribution in [1.29, 1.82) is 0 Å². The monoisotopic (exact) mass is 496 g/mol. The molecule has 4 aromatic carbocycles. The Morgan fingerprint density at radius 3 is 0.711 bits per heavy atom. The molecule has 0 saturated heterocycles. The molecule has 4 aromatic rings. The lowest BCUT2D eigenvalue weighted by Gasteiger charge is -2.34. The molecule has 0 spiro atoms. The average molecular weight is 497 g/mol. The van der Waals surface area contributed by atoms with Gasteiger partial charge in [0.15, 0.2) is 11.6 Å². The molecule has 0 bridgehead atoms. The molecule has 0 aromatic heterocycles. The summed E-state index contributed by atoms with van der Waals surface area (Å²) in [7, 11) is 0. The Morgan fingerprint density at radius 1 is 0.289 bits per heavy atom. The summed E-state index contributed by atoms with van der Waals surface area (Å²) in [5.74, 6) is 2.38. The lowest BCUT2D eigenvalue weighted by molar-refractivity contribution is 0.264. The van der Waals surface area contributed by atoms with Crippen LogP contribution >= 0.6 is 0 Å². The standard InChI is InChI=1S/C34H32N4/c1-5-13-29(14-6-1)25-35-21-22-36(26-30-15-7-2-8-16-30)33(35)34-37(27-31-17-9-3-10-18-31)23-24-38(34)28-32-19-11-4-12-20-32/h1-24H,25-28H2. The van der Waals surface area contributed by atoms with Crippen molar-refractivity contribution < 1.29 is 0 Å². The third-order valence-corrected chi connectivity index (χ3v) is 6.92. The molecular weight excluding hydrogens is 464 g/mol. The van der Waals surface area contributed by atoms with E-state index in [2.05, 4.69) is 166 Å². The minimum atomic E-state index is 0.805. The van der Waals surface area contributed by atoms with Crippen LogP contribution in [0.2, 0.25) is 0 Å². The first-order chi connectivity index (χ1) is 18.8. The predicted molar refractivity (Wildman–Crippen MR) is 153 cm³/mol. The zero-order chi connectivity index (χ0) is 25.6. The average Bonchev–Trinajstić information content (AvgIpc) is 3.53. The molecule has 188 valence electrons. The molecule has 4 heteroatoms. The third-order valence-electron chi connectivity index (χ3n) is 6.92. The summed E-state index contributed by atoms with van der Waals surface area (Å²) in [6, 6.07) is 42.8. The zero-order valence-corrected chi connectivity index (χ0v) is 21.5. The molecule has 2 aliphatic rings. The summed E-state index contributed by atoms with van der Waals surface area (Å²) in [5.41, 5.74) is 5.14. The molecule has 0 aliphatic carbocycles. The third kappa shape index (κ3) is 5.35. The van der Waals surface area contributed by atoms with Gasteiger partial charge >= 0.3 is 0 Å². The van der Waals surface area contributed by atoms with Crippen LogP contribution < -0.4 is 0 Å². The van der Waals surface area contributed by atoms with Crippen molar-refractivity contribution in [2.45, 2.75) is 26.2 Å². The normalized spacial score (nSPS) is 14.7. The smallest absolute Gasteiger partial charge is 0.155 e. The van der Waals surface area contributed by atoms with E-state index in [0.29, 0.717) is 0 Å². The topological polar surface area (TPSA) is 13.0 Å². The molecule has 0 radical (unpaired) electrons. The highest BCUT2D eigenvalue weighted by molar-refractivity contribution is 5.31. The fraction of sp³-hybridized carbons (Fsp3) is 0.118. The number of benzene rings is 4. The molecule has 38 heavy (non-hydrogen) atoms. The molecule has 0 fully saturated rings. The molecule has 2 heterocycles. The van der Waals surface area contributed by atoms with E-state index in [-0.39, 0.29) is 0 Å². The van der Waals surface area contributed by atoms with Crippen molar-refractivity contribution in [3.63, 3.8) is 0 Å².